The normalized spacial score (nSPS) is 12.6. The van der Waals surface area contributed by atoms with E-state index in [0.717, 1.165) is 17.1 Å². The molecule has 0 bridgehead atoms. The molecule has 1 heterocycles. The zero-order chi connectivity index (χ0) is 49.5. The van der Waals surface area contributed by atoms with Crippen molar-refractivity contribution in [2.24, 2.45) is 0 Å². The summed E-state index contributed by atoms with van der Waals surface area (Å²) in [7, 11) is 0. The molecule has 0 fully saturated rings. The molecule has 2 heteroatoms. The number of rotatable bonds is 8. The van der Waals surface area contributed by atoms with Gasteiger partial charge in [-0.1, -0.05) is 218 Å². The van der Waals surface area contributed by atoms with Crippen molar-refractivity contribution in [1.29, 1.82) is 0 Å². The third kappa shape index (κ3) is 6.73. The Kier molecular flexibility index (Phi) is 9.83. The van der Waals surface area contributed by atoms with Crippen molar-refractivity contribution in [3.8, 4) is 72.4 Å². The van der Waals surface area contributed by atoms with Crippen LogP contribution in [0.15, 0.2) is 291 Å². The highest BCUT2D eigenvalue weighted by Gasteiger charge is 2.52. The Bertz CT molecular complexity index is 4260. The van der Waals surface area contributed by atoms with Crippen LogP contribution in [0.1, 0.15) is 22.3 Å². The lowest BCUT2D eigenvalue weighted by atomic mass is 9.70. The lowest BCUT2D eigenvalue weighted by Gasteiger charge is -2.32. The standard InChI is InChI=1S/C73H48N2/c1-4-16-49(17-5-1)52-36-40-59(41-37-52)74(57-18-6-2-7-19-57)60-42-44-64-63-43-38-56(47-69(63)73(70(64)48-60)67-25-13-10-22-61(67)62-23-11-14-26-68(62)73)54-34-30-51(31-35-54)50-28-32-53(33-29-50)55-39-45-72-66(46-55)65-24-12-15-27-71(65)75(72)58-20-8-3-9-21-58/h1-48H. The van der Waals surface area contributed by atoms with E-state index < -0.39 is 5.41 Å². The van der Waals surface area contributed by atoms with Gasteiger partial charge in [0, 0.05) is 33.5 Å². The van der Waals surface area contributed by atoms with Gasteiger partial charge in [0.2, 0.25) is 0 Å². The van der Waals surface area contributed by atoms with Crippen LogP contribution in [0.2, 0.25) is 0 Å². The molecular formula is C73H48N2. The number of benzene rings is 12. The van der Waals surface area contributed by atoms with Gasteiger partial charge in [0.25, 0.3) is 0 Å². The Hall–Kier alpha value is -9.76. The smallest absolute Gasteiger partial charge is 0.0726 e. The van der Waals surface area contributed by atoms with Crippen LogP contribution in [0, 0.1) is 0 Å². The Morgan fingerprint density at radius 2 is 0.640 bits per heavy atom. The molecule has 0 N–H and O–H groups in total. The molecule has 0 unspecified atom stereocenters. The van der Waals surface area contributed by atoms with E-state index in [-0.39, 0.29) is 0 Å². The van der Waals surface area contributed by atoms with Gasteiger partial charge < -0.3 is 9.47 Å². The Morgan fingerprint density at radius 3 is 1.28 bits per heavy atom. The maximum Gasteiger partial charge on any atom is 0.0726 e. The highest BCUT2D eigenvalue weighted by Crippen LogP contribution is 2.64. The van der Waals surface area contributed by atoms with Crippen molar-refractivity contribution < 1.29 is 0 Å². The van der Waals surface area contributed by atoms with Gasteiger partial charge in [0.15, 0.2) is 0 Å². The first-order chi connectivity index (χ1) is 37.2. The Balaban J connectivity index is 0.796. The van der Waals surface area contributed by atoms with E-state index in [1.54, 1.807) is 0 Å². The Labute approximate surface area is 437 Å². The second kappa shape index (κ2) is 17.2. The molecule has 75 heavy (non-hydrogen) atoms. The van der Waals surface area contributed by atoms with Crippen molar-refractivity contribution in [1.82, 2.24) is 4.57 Å². The Morgan fingerprint density at radius 1 is 0.240 bits per heavy atom. The highest BCUT2D eigenvalue weighted by atomic mass is 15.1. The molecule has 2 aliphatic carbocycles. The molecule has 12 aromatic carbocycles. The quantitative estimate of drug-likeness (QED) is 0.147. The zero-order valence-corrected chi connectivity index (χ0v) is 41.1. The van der Waals surface area contributed by atoms with E-state index in [1.807, 2.05) is 0 Å². The minimum Gasteiger partial charge on any atom is -0.310 e. The van der Waals surface area contributed by atoms with Gasteiger partial charge in [-0.3, -0.25) is 0 Å². The summed E-state index contributed by atoms with van der Waals surface area (Å²) in [6.07, 6.45) is 0. The van der Waals surface area contributed by atoms with Crippen molar-refractivity contribution >= 4 is 38.9 Å². The fraction of sp³-hybridized carbons (Fsp3) is 0.0137. The fourth-order valence-corrected chi connectivity index (χ4v) is 12.6. The van der Waals surface area contributed by atoms with E-state index in [4.69, 9.17) is 0 Å². The number of aromatic nitrogens is 1. The van der Waals surface area contributed by atoms with E-state index in [2.05, 4.69) is 301 Å². The minimum absolute atomic E-state index is 0.519. The first-order valence-electron chi connectivity index (χ1n) is 26.0. The van der Waals surface area contributed by atoms with Gasteiger partial charge >= 0.3 is 0 Å². The average Bonchev–Trinajstić information content (AvgIpc) is 4.20. The topological polar surface area (TPSA) is 8.17 Å². The van der Waals surface area contributed by atoms with Crippen LogP contribution in [0.3, 0.4) is 0 Å². The number of anilines is 3. The number of nitrogens with zero attached hydrogens (tertiary/aromatic N) is 2. The summed E-state index contributed by atoms with van der Waals surface area (Å²) in [4.78, 5) is 2.41. The van der Waals surface area contributed by atoms with E-state index >= 15 is 0 Å². The monoisotopic (exact) mass is 952 g/mol. The minimum atomic E-state index is -0.519. The molecule has 2 nitrogen and oxygen atoms in total. The molecule has 350 valence electrons. The van der Waals surface area contributed by atoms with E-state index in [1.165, 1.54) is 117 Å². The first kappa shape index (κ1) is 42.9. The molecule has 0 atom stereocenters. The van der Waals surface area contributed by atoms with Gasteiger partial charge in [-0.2, -0.15) is 0 Å². The maximum absolute atomic E-state index is 2.49. The predicted molar refractivity (Wildman–Crippen MR) is 314 cm³/mol. The second-order valence-electron chi connectivity index (χ2n) is 20.0. The van der Waals surface area contributed by atoms with Crippen molar-refractivity contribution in [3.63, 3.8) is 0 Å². The predicted octanol–water partition coefficient (Wildman–Crippen LogP) is 19.3. The van der Waals surface area contributed by atoms with E-state index in [0.29, 0.717) is 0 Å². The molecule has 13 aromatic rings. The molecule has 0 saturated heterocycles. The van der Waals surface area contributed by atoms with E-state index in [9.17, 15) is 0 Å². The van der Waals surface area contributed by atoms with Crippen molar-refractivity contribution in [3.05, 3.63) is 313 Å². The average molecular weight is 953 g/mol. The van der Waals surface area contributed by atoms with Gasteiger partial charge in [-0.05, 0) is 162 Å². The van der Waals surface area contributed by atoms with Crippen LogP contribution in [0.25, 0.3) is 94.3 Å². The molecule has 0 amide bonds. The first-order valence-corrected chi connectivity index (χ1v) is 26.0. The van der Waals surface area contributed by atoms with Gasteiger partial charge in [-0.25, -0.2) is 0 Å². The van der Waals surface area contributed by atoms with Gasteiger partial charge in [-0.15, -0.1) is 0 Å². The molecule has 1 spiro atoms. The van der Waals surface area contributed by atoms with Crippen LogP contribution < -0.4 is 4.90 Å². The second-order valence-corrected chi connectivity index (χ2v) is 20.0. The molecule has 15 rings (SSSR count). The van der Waals surface area contributed by atoms with Gasteiger partial charge in [0.05, 0.1) is 16.4 Å². The van der Waals surface area contributed by atoms with Crippen molar-refractivity contribution in [2.75, 3.05) is 4.90 Å². The SMILES string of the molecule is c1ccc(-c2ccc(N(c3ccccc3)c3ccc4c(c3)C3(c5ccccc5-c5ccccc53)c3cc(-c5ccc(-c6ccc(-c7ccc8c(c7)c7ccccc7n8-c7ccccc7)cc6)cc5)ccc3-4)cc2)cc1. The van der Waals surface area contributed by atoms with Crippen molar-refractivity contribution in [2.45, 2.75) is 5.41 Å². The summed E-state index contributed by atoms with van der Waals surface area (Å²) in [5, 5.41) is 2.52. The summed E-state index contributed by atoms with van der Waals surface area (Å²) < 4.78 is 2.37. The maximum atomic E-state index is 2.49. The molecular weight excluding hydrogens is 905 g/mol. The molecule has 0 aliphatic heterocycles. The molecule has 0 saturated carbocycles. The van der Waals surface area contributed by atoms with Crippen LogP contribution >= 0.6 is 0 Å². The molecule has 0 radical (unpaired) electrons. The molecule has 1 aromatic heterocycles. The summed E-state index contributed by atoms with van der Waals surface area (Å²) in [5.74, 6) is 0. The molecule has 2 aliphatic rings. The largest absolute Gasteiger partial charge is 0.310 e. The summed E-state index contributed by atoms with van der Waals surface area (Å²) in [5.41, 5.74) is 26.5. The lowest BCUT2D eigenvalue weighted by Crippen LogP contribution is -2.26. The lowest BCUT2D eigenvalue weighted by molar-refractivity contribution is 0.794. The fourth-order valence-electron chi connectivity index (χ4n) is 12.6. The van der Waals surface area contributed by atoms with Gasteiger partial charge in [0.1, 0.15) is 0 Å². The highest BCUT2D eigenvalue weighted by molar-refractivity contribution is 6.10. The number of para-hydroxylation sites is 3. The third-order valence-corrected chi connectivity index (χ3v) is 16.0. The van der Waals surface area contributed by atoms with Crippen LogP contribution in [0.4, 0.5) is 17.1 Å². The zero-order valence-electron chi connectivity index (χ0n) is 41.1. The summed E-state index contributed by atoms with van der Waals surface area (Å²) in [6, 6.07) is 107. The summed E-state index contributed by atoms with van der Waals surface area (Å²) in [6.45, 7) is 0. The summed E-state index contributed by atoms with van der Waals surface area (Å²) >= 11 is 0. The number of hydrogen-bond donors (Lipinski definition) is 0. The number of fused-ring (bicyclic) bond motifs is 13. The van der Waals surface area contributed by atoms with Crippen LogP contribution in [-0.2, 0) is 5.41 Å². The number of hydrogen-bond acceptors (Lipinski definition) is 1. The third-order valence-electron chi connectivity index (χ3n) is 16.0. The van der Waals surface area contributed by atoms with Crippen LogP contribution in [-0.4, -0.2) is 4.57 Å². The van der Waals surface area contributed by atoms with Crippen LogP contribution in [0.5, 0.6) is 0 Å².